The van der Waals surface area contributed by atoms with Gasteiger partial charge in [0.25, 0.3) is 0 Å². The van der Waals surface area contributed by atoms with E-state index >= 15 is 0 Å². The number of hydrogen-bond acceptors (Lipinski definition) is 3. The zero-order chi connectivity index (χ0) is 23.5. The van der Waals surface area contributed by atoms with E-state index in [9.17, 15) is 4.39 Å². The lowest BCUT2D eigenvalue weighted by Gasteiger charge is -2.10. The third kappa shape index (κ3) is 5.58. The molecule has 0 aliphatic heterocycles. The van der Waals surface area contributed by atoms with Gasteiger partial charge >= 0.3 is 0 Å². The maximum Gasteiger partial charge on any atom is 0.176 e. The first kappa shape index (κ1) is 22.9. The monoisotopic (exact) mass is 482 g/mol. The van der Waals surface area contributed by atoms with Crippen molar-refractivity contribution >= 4 is 40.4 Å². The fraction of sp³-hybridized carbons (Fsp3) is 0.208. The van der Waals surface area contributed by atoms with Crippen LogP contribution in [0.2, 0.25) is 5.02 Å². The number of halogens is 2. The Bertz CT molecular complexity index is 1300. The Kier molecular flexibility index (Phi) is 6.76. The fourth-order valence-corrected chi connectivity index (χ4v) is 3.93. The van der Waals surface area contributed by atoms with E-state index in [-0.39, 0.29) is 5.82 Å². The summed E-state index contributed by atoms with van der Waals surface area (Å²) in [6.45, 7) is 7.07. The molecule has 0 bridgehead atoms. The van der Waals surface area contributed by atoms with Crippen molar-refractivity contribution in [2.45, 2.75) is 33.9 Å². The highest BCUT2D eigenvalue weighted by Crippen LogP contribution is 2.23. The van der Waals surface area contributed by atoms with Crippen LogP contribution in [-0.4, -0.2) is 24.7 Å². The molecule has 4 rings (SSSR count). The molecule has 6 nitrogen and oxygen atoms in total. The predicted octanol–water partition coefficient (Wildman–Crippen LogP) is 5.70. The van der Waals surface area contributed by atoms with Gasteiger partial charge in [0.2, 0.25) is 0 Å². The van der Waals surface area contributed by atoms with Gasteiger partial charge in [-0.05, 0) is 56.2 Å². The molecular formula is C24H24ClFN6S. The summed E-state index contributed by atoms with van der Waals surface area (Å²) in [5, 5.41) is 16.1. The summed E-state index contributed by atoms with van der Waals surface area (Å²) in [4.78, 5) is 0. The van der Waals surface area contributed by atoms with Gasteiger partial charge in [-0.25, -0.2) is 4.39 Å². The third-order valence-electron chi connectivity index (χ3n) is 5.26. The molecular weight excluding hydrogens is 459 g/mol. The second-order valence-electron chi connectivity index (χ2n) is 7.92. The minimum absolute atomic E-state index is 0.289. The second-order valence-corrected chi connectivity index (χ2v) is 8.74. The third-order valence-corrected chi connectivity index (χ3v) is 5.74. The van der Waals surface area contributed by atoms with Crippen molar-refractivity contribution in [1.29, 1.82) is 0 Å². The van der Waals surface area contributed by atoms with Crippen LogP contribution in [0.5, 0.6) is 0 Å². The number of nitrogens with one attached hydrogen (secondary N) is 2. The summed E-state index contributed by atoms with van der Waals surface area (Å²) in [5.41, 5.74) is 5.84. The molecule has 0 fully saturated rings. The molecule has 0 aliphatic rings. The standard InChI is InChI=1S/C24H24ClFN6S/c1-15-7-9-18(10-8-15)13-32-17(3)22(16(2)29-32)27-24(33)28-23-21(25)14-31(30-23)12-19-5-4-6-20(26)11-19/h4-11,14H,12-13H2,1-3H3,(H2,27,28,30,33). The van der Waals surface area contributed by atoms with Crippen LogP contribution in [0.1, 0.15) is 28.1 Å². The average Bonchev–Trinajstić information content (AvgIpc) is 3.23. The lowest BCUT2D eigenvalue weighted by atomic mass is 10.1. The van der Waals surface area contributed by atoms with E-state index < -0.39 is 0 Å². The van der Waals surface area contributed by atoms with E-state index in [2.05, 4.69) is 52.0 Å². The van der Waals surface area contributed by atoms with Crippen LogP contribution in [0.15, 0.2) is 54.7 Å². The topological polar surface area (TPSA) is 59.7 Å². The zero-order valence-corrected chi connectivity index (χ0v) is 20.1. The van der Waals surface area contributed by atoms with Gasteiger partial charge in [0.15, 0.2) is 10.9 Å². The predicted molar refractivity (Wildman–Crippen MR) is 135 cm³/mol. The Balaban J connectivity index is 1.43. The highest BCUT2D eigenvalue weighted by Gasteiger charge is 2.15. The Hall–Kier alpha value is -3.23. The summed E-state index contributed by atoms with van der Waals surface area (Å²) in [5.74, 6) is 0.135. The molecule has 2 N–H and O–H groups in total. The lowest BCUT2D eigenvalue weighted by Crippen LogP contribution is -2.20. The quantitative estimate of drug-likeness (QED) is 0.345. The molecule has 0 unspecified atom stereocenters. The van der Waals surface area contributed by atoms with Gasteiger partial charge < -0.3 is 10.6 Å². The van der Waals surface area contributed by atoms with Crippen LogP contribution in [0.3, 0.4) is 0 Å². The molecule has 0 radical (unpaired) electrons. The molecule has 0 spiro atoms. The van der Waals surface area contributed by atoms with Crippen LogP contribution < -0.4 is 10.6 Å². The average molecular weight is 483 g/mol. The summed E-state index contributed by atoms with van der Waals surface area (Å²) in [6.07, 6.45) is 1.67. The van der Waals surface area contributed by atoms with E-state index in [0.717, 1.165) is 22.6 Å². The van der Waals surface area contributed by atoms with E-state index in [1.807, 2.05) is 24.6 Å². The largest absolute Gasteiger partial charge is 0.329 e. The second kappa shape index (κ2) is 9.72. The van der Waals surface area contributed by atoms with E-state index in [0.29, 0.717) is 29.0 Å². The molecule has 170 valence electrons. The lowest BCUT2D eigenvalue weighted by molar-refractivity contribution is 0.619. The minimum atomic E-state index is -0.289. The maximum absolute atomic E-state index is 13.4. The zero-order valence-electron chi connectivity index (χ0n) is 18.6. The molecule has 0 aliphatic carbocycles. The number of aromatic nitrogens is 4. The SMILES string of the molecule is Cc1ccc(Cn2nc(C)c(NC(=S)Nc3nn(Cc4cccc(F)c4)cc3Cl)c2C)cc1. The van der Waals surface area contributed by atoms with Crippen molar-refractivity contribution in [1.82, 2.24) is 19.6 Å². The maximum atomic E-state index is 13.4. The molecule has 2 heterocycles. The fourth-order valence-electron chi connectivity index (χ4n) is 3.54. The highest BCUT2D eigenvalue weighted by molar-refractivity contribution is 7.80. The number of anilines is 2. The molecule has 4 aromatic rings. The van der Waals surface area contributed by atoms with Gasteiger partial charge in [0.1, 0.15) is 10.8 Å². The van der Waals surface area contributed by atoms with Gasteiger partial charge in [-0.1, -0.05) is 53.6 Å². The molecule has 0 amide bonds. The van der Waals surface area contributed by atoms with Crippen LogP contribution in [0.25, 0.3) is 0 Å². The van der Waals surface area contributed by atoms with Crippen LogP contribution >= 0.6 is 23.8 Å². The number of rotatable bonds is 6. The first-order valence-corrected chi connectivity index (χ1v) is 11.2. The molecule has 0 atom stereocenters. The molecule has 33 heavy (non-hydrogen) atoms. The normalized spacial score (nSPS) is 10.9. The van der Waals surface area contributed by atoms with Crippen molar-refractivity contribution in [2.24, 2.45) is 0 Å². The molecule has 0 saturated heterocycles. The highest BCUT2D eigenvalue weighted by atomic mass is 35.5. The van der Waals surface area contributed by atoms with Crippen molar-refractivity contribution in [3.63, 3.8) is 0 Å². The van der Waals surface area contributed by atoms with Gasteiger partial charge in [-0.3, -0.25) is 9.36 Å². The smallest absolute Gasteiger partial charge is 0.176 e. The number of thiocarbonyl (C=S) groups is 1. The first-order valence-electron chi connectivity index (χ1n) is 10.4. The Morgan fingerprint density at radius 1 is 1.00 bits per heavy atom. The number of hydrogen-bond donors (Lipinski definition) is 2. The van der Waals surface area contributed by atoms with E-state index in [1.54, 1.807) is 16.9 Å². The Morgan fingerprint density at radius 2 is 1.76 bits per heavy atom. The van der Waals surface area contributed by atoms with Crippen molar-refractivity contribution < 1.29 is 4.39 Å². The van der Waals surface area contributed by atoms with Crippen molar-refractivity contribution in [3.8, 4) is 0 Å². The van der Waals surface area contributed by atoms with Gasteiger partial charge in [-0.15, -0.1) is 0 Å². The van der Waals surface area contributed by atoms with Gasteiger partial charge in [0, 0.05) is 6.20 Å². The number of aryl methyl sites for hydroxylation is 2. The first-order chi connectivity index (χ1) is 15.8. The minimum Gasteiger partial charge on any atom is -0.329 e. The van der Waals surface area contributed by atoms with Crippen molar-refractivity contribution in [2.75, 3.05) is 10.6 Å². The van der Waals surface area contributed by atoms with Gasteiger partial charge in [0.05, 0.1) is 30.2 Å². The van der Waals surface area contributed by atoms with Crippen LogP contribution in [0, 0.1) is 26.6 Å². The number of benzene rings is 2. The van der Waals surface area contributed by atoms with Crippen LogP contribution in [0.4, 0.5) is 15.9 Å². The summed E-state index contributed by atoms with van der Waals surface area (Å²) in [6, 6.07) is 14.8. The molecule has 2 aromatic carbocycles. The Morgan fingerprint density at radius 3 is 2.48 bits per heavy atom. The number of nitrogens with zero attached hydrogens (tertiary/aromatic N) is 4. The summed E-state index contributed by atoms with van der Waals surface area (Å²) >= 11 is 11.8. The Labute approximate surface area is 202 Å². The van der Waals surface area contributed by atoms with E-state index in [1.165, 1.54) is 23.3 Å². The summed E-state index contributed by atoms with van der Waals surface area (Å²) in [7, 11) is 0. The van der Waals surface area contributed by atoms with E-state index in [4.69, 9.17) is 23.8 Å². The molecule has 2 aromatic heterocycles. The molecule has 0 saturated carbocycles. The van der Waals surface area contributed by atoms with Crippen LogP contribution in [-0.2, 0) is 13.1 Å². The summed E-state index contributed by atoms with van der Waals surface area (Å²) < 4.78 is 17.0. The molecule has 9 heteroatoms. The van der Waals surface area contributed by atoms with Gasteiger partial charge in [-0.2, -0.15) is 10.2 Å². The van der Waals surface area contributed by atoms with Crippen molar-refractivity contribution in [3.05, 3.63) is 93.6 Å².